The number of halogens is 3. The normalized spacial score (nSPS) is 11.3. The van der Waals surface area contributed by atoms with Gasteiger partial charge in [0.1, 0.15) is 5.69 Å². The minimum Gasteiger partial charge on any atom is -0.477 e. The molecule has 0 aliphatic carbocycles. The van der Waals surface area contributed by atoms with Crippen LogP contribution in [0.1, 0.15) is 32.0 Å². The Morgan fingerprint density at radius 1 is 1.10 bits per heavy atom. The molecule has 2 rings (SSSR count). The summed E-state index contributed by atoms with van der Waals surface area (Å²) in [4.78, 5) is 25.0. The number of ketones is 1. The summed E-state index contributed by atoms with van der Waals surface area (Å²) in [5.41, 5.74) is -1.31. The minimum atomic E-state index is -4.54. The van der Waals surface area contributed by atoms with Gasteiger partial charge in [-0.3, -0.25) is 4.79 Å². The summed E-state index contributed by atoms with van der Waals surface area (Å²) < 4.78 is 37.6. The van der Waals surface area contributed by atoms with E-state index in [1.165, 1.54) is 6.07 Å². The molecule has 0 atom stereocenters. The van der Waals surface area contributed by atoms with Gasteiger partial charge < -0.3 is 10.1 Å². The third kappa shape index (κ3) is 2.71. The molecule has 0 radical (unpaired) electrons. The van der Waals surface area contributed by atoms with Crippen molar-refractivity contribution in [3.8, 4) is 0 Å². The number of carbonyl (C=O) groups excluding carboxylic acids is 1. The average Bonchev–Trinajstić information content (AvgIpc) is 2.87. The maximum atomic E-state index is 12.5. The number of nitrogens with one attached hydrogen (secondary N) is 1. The van der Waals surface area contributed by atoms with Crippen molar-refractivity contribution in [2.24, 2.45) is 0 Å². The van der Waals surface area contributed by atoms with Crippen molar-refractivity contribution in [2.45, 2.75) is 6.18 Å². The van der Waals surface area contributed by atoms with Gasteiger partial charge in [0, 0.05) is 17.3 Å². The Labute approximate surface area is 110 Å². The Hall–Kier alpha value is -2.57. The van der Waals surface area contributed by atoms with E-state index in [2.05, 4.69) is 4.98 Å². The van der Waals surface area contributed by atoms with Gasteiger partial charge in [-0.2, -0.15) is 13.2 Å². The smallest absolute Gasteiger partial charge is 0.416 e. The van der Waals surface area contributed by atoms with Gasteiger partial charge >= 0.3 is 12.1 Å². The zero-order valence-corrected chi connectivity index (χ0v) is 9.86. The van der Waals surface area contributed by atoms with Crippen molar-refractivity contribution in [2.75, 3.05) is 0 Å². The molecule has 1 aromatic heterocycles. The van der Waals surface area contributed by atoms with Crippen LogP contribution in [0.15, 0.2) is 36.5 Å². The van der Waals surface area contributed by atoms with E-state index >= 15 is 0 Å². The van der Waals surface area contributed by atoms with Gasteiger partial charge in [0.05, 0.1) is 5.56 Å². The van der Waals surface area contributed by atoms with E-state index < -0.39 is 23.5 Å². The number of carboxylic acid groups (broad SMARTS) is 1. The topological polar surface area (TPSA) is 70.2 Å². The first kappa shape index (κ1) is 13.9. The number of alkyl halides is 3. The molecule has 7 heteroatoms. The van der Waals surface area contributed by atoms with E-state index in [1.54, 1.807) is 0 Å². The van der Waals surface area contributed by atoms with Gasteiger partial charge in [0.25, 0.3) is 0 Å². The van der Waals surface area contributed by atoms with Crippen LogP contribution >= 0.6 is 0 Å². The second-order valence-corrected chi connectivity index (χ2v) is 4.01. The van der Waals surface area contributed by atoms with E-state index in [1.807, 2.05) is 0 Å². The summed E-state index contributed by atoms with van der Waals surface area (Å²) in [6.07, 6.45) is -3.40. The van der Waals surface area contributed by atoms with Crippen LogP contribution in [0.3, 0.4) is 0 Å². The number of carbonyl (C=O) groups is 2. The molecule has 0 saturated carbocycles. The predicted octanol–water partition coefficient (Wildman–Crippen LogP) is 2.96. The molecule has 2 aromatic rings. The number of hydrogen-bond donors (Lipinski definition) is 2. The van der Waals surface area contributed by atoms with E-state index in [0.29, 0.717) is 0 Å². The van der Waals surface area contributed by atoms with E-state index in [4.69, 9.17) is 5.11 Å². The second kappa shape index (κ2) is 4.84. The molecule has 0 aliphatic heterocycles. The largest absolute Gasteiger partial charge is 0.477 e. The molecule has 0 amide bonds. The summed E-state index contributed by atoms with van der Waals surface area (Å²) in [6.45, 7) is 0. The second-order valence-electron chi connectivity index (χ2n) is 4.01. The fourth-order valence-electron chi connectivity index (χ4n) is 1.65. The summed E-state index contributed by atoms with van der Waals surface area (Å²) in [5.74, 6) is -1.94. The zero-order valence-electron chi connectivity index (χ0n) is 9.86. The number of benzene rings is 1. The lowest BCUT2D eigenvalue weighted by atomic mass is 10.0. The number of hydrogen-bond acceptors (Lipinski definition) is 2. The highest BCUT2D eigenvalue weighted by Crippen LogP contribution is 2.30. The van der Waals surface area contributed by atoms with Crippen LogP contribution in [0, 0.1) is 0 Å². The fourth-order valence-corrected chi connectivity index (χ4v) is 1.65. The Morgan fingerprint density at radius 3 is 2.35 bits per heavy atom. The van der Waals surface area contributed by atoms with Crippen molar-refractivity contribution < 1.29 is 27.9 Å². The first-order valence-corrected chi connectivity index (χ1v) is 5.42. The van der Waals surface area contributed by atoms with Gasteiger partial charge in [-0.25, -0.2) is 4.79 Å². The average molecular weight is 283 g/mol. The number of aromatic carboxylic acids is 1. The molecule has 0 unspecified atom stereocenters. The summed E-state index contributed by atoms with van der Waals surface area (Å²) >= 11 is 0. The Kier molecular flexibility index (Phi) is 3.35. The van der Waals surface area contributed by atoms with Crippen LogP contribution in [0.4, 0.5) is 13.2 Å². The standard InChI is InChI=1S/C13H8F3NO3/c14-13(15,16)9-3-1-2-7(4-9)11(18)8-5-10(12(19)20)17-6-8/h1-6,17H,(H,19,20). The maximum absolute atomic E-state index is 12.5. The summed E-state index contributed by atoms with van der Waals surface area (Å²) in [7, 11) is 0. The van der Waals surface area contributed by atoms with Gasteiger partial charge in [-0.05, 0) is 18.2 Å². The molecule has 104 valence electrons. The first-order valence-electron chi connectivity index (χ1n) is 5.42. The van der Waals surface area contributed by atoms with E-state index in [9.17, 15) is 22.8 Å². The lowest BCUT2D eigenvalue weighted by Crippen LogP contribution is -2.07. The molecule has 0 bridgehead atoms. The third-order valence-corrected chi connectivity index (χ3v) is 2.63. The van der Waals surface area contributed by atoms with Gasteiger partial charge in [-0.1, -0.05) is 12.1 Å². The molecule has 0 saturated heterocycles. The molecule has 1 aromatic carbocycles. The molecule has 0 aliphatic rings. The Bertz CT molecular complexity index is 673. The van der Waals surface area contributed by atoms with Crippen LogP contribution in [-0.4, -0.2) is 21.8 Å². The van der Waals surface area contributed by atoms with Gasteiger partial charge in [0.2, 0.25) is 0 Å². The lowest BCUT2D eigenvalue weighted by molar-refractivity contribution is -0.137. The highest BCUT2D eigenvalue weighted by Gasteiger charge is 2.31. The molecular weight excluding hydrogens is 275 g/mol. The monoisotopic (exact) mass is 283 g/mol. The van der Waals surface area contributed by atoms with Crippen LogP contribution < -0.4 is 0 Å². The van der Waals surface area contributed by atoms with Gasteiger partial charge in [0.15, 0.2) is 5.78 Å². The molecule has 2 N–H and O–H groups in total. The van der Waals surface area contributed by atoms with E-state index in [-0.39, 0.29) is 16.8 Å². The van der Waals surface area contributed by atoms with Gasteiger partial charge in [-0.15, -0.1) is 0 Å². The van der Waals surface area contributed by atoms with Crippen molar-refractivity contribution in [3.05, 3.63) is 58.9 Å². The van der Waals surface area contributed by atoms with Crippen molar-refractivity contribution in [3.63, 3.8) is 0 Å². The molecule has 0 spiro atoms. The number of aromatic nitrogens is 1. The highest BCUT2D eigenvalue weighted by atomic mass is 19.4. The lowest BCUT2D eigenvalue weighted by Gasteiger charge is -2.07. The maximum Gasteiger partial charge on any atom is 0.416 e. The molecular formula is C13H8F3NO3. The predicted molar refractivity (Wildman–Crippen MR) is 62.6 cm³/mol. The zero-order chi connectivity index (χ0) is 14.9. The van der Waals surface area contributed by atoms with Crippen LogP contribution in [0.2, 0.25) is 0 Å². The molecule has 4 nitrogen and oxygen atoms in total. The number of aromatic amines is 1. The number of H-pyrrole nitrogens is 1. The Balaban J connectivity index is 2.35. The SMILES string of the molecule is O=C(c1cccc(C(F)(F)F)c1)c1c[nH]c(C(=O)O)c1. The molecule has 1 heterocycles. The fraction of sp³-hybridized carbons (Fsp3) is 0.0769. The summed E-state index contributed by atoms with van der Waals surface area (Å²) in [5, 5.41) is 8.71. The number of carboxylic acids is 1. The third-order valence-electron chi connectivity index (χ3n) is 2.63. The molecule has 0 fully saturated rings. The van der Waals surface area contributed by atoms with E-state index in [0.717, 1.165) is 30.5 Å². The molecule has 20 heavy (non-hydrogen) atoms. The minimum absolute atomic E-state index is 0.0123. The Morgan fingerprint density at radius 2 is 1.80 bits per heavy atom. The van der Waals surface area contributed by atoms with Crippen molar-refractivity contribution in [1.29, 1.82) is 0 Å². The van der Waals surface area contributed by atoms with Crippen molar-refractivity contribution in [1.82, 2.24) is 4.98 Å². The highest BCUT2D eigenvalue weighted by molar-refractivity contribution is 6.09. The van der Waals surface area contributed by atoms with Crippen LogP contribution in [0.5, 0.6) is 0 Å². The van der Waals surface area contributed by atoms with Crippen molar-refractivity contribution >= 4 is 11.8 Å². The van der Waals surface area contributed by atoms with Crippen LogP contribution in [0.25, 0.3) is 0 Å². The summed E-state index contributed by atoms with van der Waals surface area (Å²) in [6, 6.07) is 5.03. The quantitative estimate of drug-likeness (QED) is 0.851. The number of rotatable bonds is 3. The first-order chi connectivity index (χ1) is 9.29. The van der Waals surface area contributed by atoms with Crippen LogP contribution in [-0.2, 0) is 6.18 Å².